The third kappa shape index (κ3) is 4.34. The van der Waals surface area contributed by atoms with E-state index in [1.54, 1.807) is 4.90 Å². The molecule has 14 heteroatoms. The molecule has 3 fully saturated rings. The topological polar surface area (TPSA) is 119 Å². The number of aliphatic hydroxyl groups excluding tert-OH is 1. The van der Waals surface area contributed by atoms with Crippen molar-refractivity contribution in [3.8, 4) is 12.1 Å². The van der Waals surface area contributed by atoms with Gasteiger partial charge < -0.3 is 14.7 Å². The van der Waals surface area contributed by atoms with Crippen molar-refractivity contribution in [2.24, 2.45) is 0 Å². The number of anilines is 2. The quantitative estimate of drug-likeness (QED) is 0.560. The fraction of sp³-hybridized carbons (Fsp3) is 0.500. The highest BCUT2D eigenvalue weighted by molar-refractivity contribution is 7.81. The summed E-state index contributed by atoms with van der Waals surface area (Å²) in [5.74, 6) is -0.463. The molecule has 2 aromatic rings. The number of nitrogens with zero attached hydrogens (tertiary/aromatic N) is 7. The van der Waals surface area contributed by atoms with Gasteiger partial charge in [-0.3, -0.25) is 14.6 Å². The number of halogens is 3. The van der Waals surface area contributed by atoms with Crippen LogP contribution < -0.4 is 14.5 Å². The van der Waals surface area contributed by atoms with Gasteiger partial charge in [0.2, 0.25) is 0 Å². The Bertz CT molecular complexity index is 1300. The Morgan fingerprint density at radius 3 is 2.50 bits per heavy atom. The van der Waals surface area contributed by atoms with Gasteiger partial charge >= 0.3 is 12.2 Å². The third-order valence-electron chi connectivity index (χ3n) is 7.45. The minimum Gasteiger partial charge on any atom is -0.460 e. The molecule has 2 atom stereocenters. The van der Waals surface area contributed by atoms with Crippen molar-refractivity contribution in [3.05, 3.63) is 35.9 Å². The summed E-state index contributed by atoms with van der Waals surface area (Å²) in [6, 6.07) is 2.29. The molecule has 2 aliphatic heterocycles. The second-order valence-corrected chi connectivity index (χ2v) is 10.0. The summed E-state index contributed by atoms with van der Waals surface area (Å²) in [7, 11) is 1.94. The van der Waals surface area contributed by atoms with E-state index in [1.807, 2.05) is 7.05 Å². The van der Waals surface area contributed by atoms with Crippen molar-refractivity contribution in [1.29, 1.82) is 5.26 Å². The smallest absolute Gasteiger partial charge is 0.419 e. The van der Waals surface area contributed by atoms with Crippen LogP contribution in [0.2, 0.25) is 0 Å². The van der Waals surface area contributed by atoms with E-state index in [4.69, 9.17) is 22.2 Å². The molecule has 0 bridgehead atoms. The van der Waals surface area contributed by atoms with Crippen molar-refractivity contribution in [3.63, 3.8) is 0 Å². The van der Waals surface area contributed by atoms with E-state index in [-0.39, 0.29) is 35.6 Å². The fourth-order valence-corrected chi connectivity index (χ4v) is 5.64. The second-order valence-electron chi connectivity index (χ2n) is 9.65. The maximum Gasteiger partial charge on any atom is 0.419 e. The molecule has 2 saturated heterocycles. The van der Waals surface area contributed by atoms with E-state index in [2.05, 4.69) is 19.9 Å². The van der Waals surface area contributed by atoms with Gasteiger partial charge in [0.15, 0.2) is 10.8 Å². The van der Waals surface area contributed by atoms with Crippen molar-refractivity contribution in [2.75, 3.05) is 30.0 Å². The number of carbonyl (C=O) groups excluding carboxylic acids is 1. The standard InChI is InChI=1S/C24H24F3N7O3S/c1-32-6-3-17(7-15(32)13-35)37-21-30-11-16(12-31-21)34-22(38)33(20(36)23(34)4-2-5-23)14-8-18(24(25,26)27)19(9-28)29-10-14/h8,10-12,15,17,35H,2-7,13H2,1H3/t15-,17+/m0/s1. The Kier molecular flexibility index (Phi) is 6.70. The number of amides is 1. The predicted octanol–water partition coefficient (Wildman–Crippen LogP) is 2.66. The molecule has 2 aromatic heterocycles. The van der Waals surface area contributed by atoms with Gasteiger partial charge in [0.1, 0.15) is 17.7 Å². The molecule has 4 heterocycles. The van der Waals surface area contributed by atoms with Crippen LogP contribution in [0.4, 0.5) is 24.5 Å². The SMILES string of the molecule is CN1CC[C@@H](Oc2ncc(N3C(=S)N(c4cnc(C#N)c(C(F)(F)F)c4)C(=O)C34CCC4)cn2)C[C@H]1CO. The molecule has 10 nitrogen and oxygen atoms in total. The number of rotatable bonds is 5. The predicted molar refractivity (Wildman–Crippen MR) is 132 cm³/mol. The van der Waals surface area contributed by atoms with Gasteiger partial charge in [0.25, 0.3) is 5.91 Å². The van der Waals surface area contributed by atoms with Crippen LogP contribution in [0, 0.1) is 11.3 Å². The normalized spacial score (nSPS) is 23.5. The summed E-state index contributed by atoms with van der Waals surface area (Å²) < 4.78 is 46.6. The molecule has 1 aliphatic carbocycles. The second kappa shape index (κ2) is 9.72. The lowest BCUT2D eigenvalue weighted by Gasteiger charge is -2.42. The van der Waals surface area contributed by atoms with Gasteiger partial charge in [0.05, 0.1) is 42.1 Å². The number of alkyl halides is 3. The average Bonchev–Trinajstić information content (AvgIpc) is 3.11. The summed E-state index contributed by atoms with van der Waals surface area (Å²) in [5, 5.41) is 18.6. The number of ether oxygens (including phenoxy) is 1. The van der Waals surface area contributed by atoms with Crippen molar-refractivity contribution in [2.45, 2.75) is 56.0 Å². The number of hydrogen-bond acceptors (Lipinski definition) is 9. The first-order valence-electron chi connectivity index (χ1n) is 12.0. The molecule has 0 unspecified atom stereocenters. The number of hydrogen-bond donors (Lipinski definition) is 1. The lowest BCUT2D eigenvalue weighted by Crippen LogP contribution is -2.55. The van der Waals surface area contributed by atoms with E-state index in [0.29, 0.717) is 24.9 Å². The van der Waals surface area contributed by atoms with Gasteiger partial charge in [-0.2, -0.15) is 18.4 Å². The van der Waals surface area contributed by atoms with E-state index < -0.39 is 28.9 Å². The summed E-state index contributed by atoms with van der Waals surface area (Å²) in [5.41, 5.74) is -2.84. The lowest BCUT2D eigenvalue weighted by atomic mass is 9.75. The zero-order valence-corrected chi connectivity index (χ0v) is 21.2. The molecule has 5 rings (SSSR count). The molecule has 1 amide bonds. The van der Waals surface area contributed by atoms with E-state index >= 15 is 0 Å². The van der Waals surface area contributed by atoms with Crippen molar-refractivity contribution in [1.82, 2.24) is 19.9 Å². The minimum atomic E-state index is -4.83. The first kappa shape index (κ1) is 26.2. The van der Waals surface area contributed by atoms with Crippen molar-refractivity contribution >= 4 is 34.6 Å². The summed E-state index contributed by atoms with van der Waals surface area (Å²) in [6.45, 7) is 0.783. The van der Waals surface area contributed by atoms with Crippen LogP contribution >= 0.6 is 12.2 Å². The highest BCUT2D eigenvalue weighted by Crippen LogP contribution is 2.48. The number of likely N-dealkylation sites (tertiary alicyclic amines) is 1. The Labute approximate surface area is 221 Å². The highest BCUT2D eigenvalue weighted by atomic mass is 32.1. The largest absolute Gasteiger partial charge is 0.460 e. The van der Waals surface area contributed by atoms with E-state index in [1.165, 1.54) is 18.5 Å². The van der Waals surface area contributed by atoms with Crippen LogP contribution in [0.3, 0.4) is 0 Å². The lowest BCUT2D eigenvalue weighted by molar-refractivity contribution is -0.138. The molecule has 1 spiro atoms. The monoisotopic (exact) mass is 547 g/mol. The number of carbonyl (C=O) groups is 1. The molecule has 200 valence electrons. The molecule has 0 aromatic carbocycles. The van der Waals surface area contributed by atoms with Crippen LogP contribution in [0.25, 0.3) is 0 Å². The number of aromatic nitrogens is 3. The number of nitriles is 1. The zero-order chi connectivity index (χ0) is 27.2. The first-order valence-corrected chi connectivity index (χ1v) is 12.5. The third-order valence-corrected chi connectivity index (χ3v) is 7.82. The van der Waals surface area contributed by atoms with Gasteiger partial charge in [-0.15, -0.1) is 0 Å². The molecular formula is C24H24F3N7O3S. The summed E-state index contributed by atoms with van der Waals surface area (Å²) >= 11 is 5.59. The molecule has 1 saturated carbocycles. The average molecular weight is 548 g/mol. The fourth-order valence-electron chi connectivity index (χ4n) is 5.18. The molecular weight excluding hydrogens is 523 g/mol. The Balaban J connectivity index is 1.41. The van der Waals surface area contributed by atoms with Gasteiger partial charge in [-0.25, -0.2) is 15.0 Å². The Morgan fingerprint density at radius 1 is 1.24 bits per heavy atom. The number of piperidine rings is 1. The number of likely N-dealkylation sites (N-methyl/N-ethyl adjacent to an activating group) is 1. The van der Waals surface area contributed by atoms with Crippen LogP contribution in [0.15, 0.2) is 24.7 Å². The van der Waals surface area contributed by atoms with Crippen LogP contribution in [0.1, 0.15) is 43.4 Å². The van der Waals surface area contributed by atoms with Crippen molar-refractivity contribution < 1.29 is 27.8 Å². The number of pyridine rings is 1. The van der Waals surface area contributed by atoms with Crippen LogP contribution in [-0.4, -0.2) is 73.9 Å². The highest BCUT2D eigenvalue weighted by Gasteiger charge is 2.60. The summed E-state index contributed by atoms with van der Waals surface area (Å²) in [4.78, 5) is 30.5. The maximum absolute atomic E-state index is 13.6. The first-order chi connectivity index (χ1) is 18.1. The summed E-state index contributed by atoms with van der Waals surface area (Å²) in [6.07, 6.45) is 2.02. The minimum absolute atomic E-state index is 0.0138. The van der Waals surface area contributed by atoms with E-state index in [9.17, 15) is 23.1 Å². The number of aliphatic hydroxyl groups is 1. The van der Waals surface area contributed by atoms with Crippen LogP contribution in [0.5, 0.6) is 6.01 Å². The Morgan fingerprint density at radius 2 is 1.92 bits per heavy atom. The molecule has 3 aliphatic rings. The number of thiocarbonyl (C=S) groups is 1. The molecule has 0 radical (unpaired) electrons. The molecule has 1 N–H and O–H groups in total. The van der Waals surface area contributed by atoms with Gasteiger partial charge in [-0.05, 0) is 51.0 Å². The van der Waals surface area contributed by atoms with Crippen LogP contribution in [-0.2, 0) is 11.0 Å². The Hall–Kier alpha value is -3.41. The van der Waals surface area contributed by atoms with E-state index in [0.717, 1.165) is 36.5 Å². The van der Waals surface area contributed by atoms with Gasteiger partial charge in [-0.1, -0.05) is 0 Å². The maximum atomic E-state index is 13.6. The molecule has 38 heavy (non-hydrogen) atoms. The zero-order valence-electron chi connectivity index (χ0n) is 20.4. The van der Waals surface area contributed by atoms with Gasteiger partial charge in [0, 0.05) is 19.0 Å².